The van der Waals surface area contributed by atoms with E-state index in [9.17, 15) is 0 Å². The summed E-state index contributed by atoms with van der Waals surface area (Å²) >= 11 is 7.25. The van der Waals surface area contributed by atoms with Gasteiger partial charge in [-0.05, 0) is 79.3 Å². The smallest absolute Gasteiger partial charge is 0.175 e. The van der Waals surface area contributed by atoms with E-state index in [1.165, 1.54) is 11.3 Å². The lowest BCUT2D eigenvalue weighted by atomic mass is 10.3. The van der Waals surface area contributed by atoms with Crippen molar-refractivity contribution in [2.45, 2.75) is 38.0 Å². The molecule has 2 rings (SSSR count). The number of hydrogen-bond donors (Lipinski definition) is 2. The van der Waals surface area contributed by atoms with Crippen LogP contribution in [0, 0.1) is 0 Å². The maximum absolute atomic E-state index is 5.66. The molecule has 0 spiro atoms. The van der Waals surface area contributed by atoms with Gasteiger partial charge in [-0.1, -0.05) is 20.3 Å². The molecule has 0 fully saturated rings. The van der Waals surface area contributed by atoms with Crippen molar-refractivity contribution >= 4 is 40.5 Å². The summed E-state index contributed by atoms with van der Waals surface area (Å²) < 4.78 is 5.66. The molecule has 0 amide bonds. The van der Waals surface area contributed by atoms with Gasteiger partial charge in [-0.15, -0.1) is 11.8 Å². The number of ether oxygens (including phenoxy) is 1. The molecular formula is C20H26N2OS2. The van der Waals surface area contributed by atoms with Crippen LogP contribution < -0.4 is 15.4 Å². The Balaban J connectivity index is 1.81. The van der Waals surface area contributed by atoms with Crippen LogP contribution in [-0.2, 0) is 0 Å². The van der Waals surface area contributed by atoms with Crippen molar-refractivity contribution in [3.63, 3.8) is 0 Å². The number of thiocarbonyl (C=S) groups is 1. The van der Waals surface area contributed by atoms with Crippen LogP contribution in [0.25, 0.3) is 0 Å². The Labute approximate surface area is 160 Å². The SMILES string of the molecule is CCCCOc1ccc(NC(=S)Nc2ccc(SCCC)cc2)cc1. The summed E-state index contributed by atoms with van der Waals surface area (Å²) in [6.45, 7) is 5.11. The first-order valence-electron chi connectivity index (χ1n) is 8.75. The number of rotatable bonds is 9. The van der Waals surface area contributed by atoms with Gasteiger partial charge in [-0.3, -0.25) is 0 Å². The van der Waals surface area contributed by atoms with Gasteiger partial charge in [0, 0.05) is 16.3 Å². The molecule has 3 nitrogen and oxygen atoms in total. The molecule has 5 heteroatoms. The van der Waals surface area contributed by atoms with Crippen LogP contribution in [0.5, 0.6) is 5.75 Å². The quantitative estimate of drug-likeness (QED) is 0.311. The van der Waals surface area contributed by atoms with E-state index in [-0.39, 0.29) is 0 Å². The summed E-state index contributed by atoms with van der Waals surface area (Å²) in [4.78, 5) is 1.28. The van der Waals surface area contributed by atoms with Crippen molar-refractivity contribution in [2.24, 2.45) is 0 Å². The number of anilines is 2. The van der Waals surface area contributed by atoms with E-state index in [0.29, 0.717) is 5.11 Å². The summed E-state index contributed by atoms with van der Waals surface area (Å²) in [5.41, 5.74) is 1.92. The predicted molar refractivity (Wildman–Crippen MR) is 114 cm³/mol. The molecule has 0 atom stereocenters. The molecular weight excluding hydrogens is 348 g/mol. The third-order valence-corrected chi connectivity index (χ3v) is 4.89. The standard InChI is InChI=1S/C20H26N2OS2/c1-3-5-14-23-18-10-6-16(7-11-18)21-20(24)22-17-8-12-19(13-9-17)25-15-4-2/h6-13H,3-5,14-15H2,1-2H3,(H2,21,22,24). The molecule has 0 radical (unpaired) electrons. The minimum absolute atomic E-state index is 0.577. The molecule has 2 N–H and O–H groups in total. The zero-order valence-electron chi connectivity index (χ0n) is 14.9. The minimum Gasteiger partial charge on any atom is -0.494 e. The van der Waals surface area contributed by atoms with Gasteiger partial charge in [0.05, 0.1) is 6.61 Å². The first-order chi connectivity index (χ1) is 12.2. The fraction of sp³-hybridized carbons (Fsp3) is 0.350. The van der Waals surface area contributed by atoms with Gasteiger partial charge in [-0.25, -0.2) is 0 Å². The summed E-state index contributed by atoms with van der Waals surface area (Å²) in [6.07, 6.45) is 3.39. The first kappa shape index (κ1) is 19.6. The summed E-state index contributed by atoms with van der Waals surface area (Å²) in [7, 11) is 0. The van der Waals surface area contributed by atoms with Crippen LogP contribution in [0.1, 0.15) is 33.1 Å². The summed E-state index contributed by atoms with van der Waals surface area (Å²) in [5, 5.41) is 6.98. The molecule has 0 saturated heterocycles. The fourth-order valence-corrected chi connectivity index (χ4v) is 3.12. The van der Waals surface area contributed by atoms with Crippen LogP contribution >= 0.6 is 24.0 Å². The highest BCUT2D eigenvalue weighted by molar-refractivity contribution is 7.99. The van der Waals surface area contributed by atoms with Crippen molar-refractivity contribution in [2.75, 3.05) is 23.0 Å². The third-order valence-electron chi connectivity index (χ3n) is 3.46. The number of unbranched alkanes of at least 4 members (excludes halogenated alkanes) is 1. The van der Waals surface area contributed by atoms with Gasteiger partial charge in [0.25, 0.3) is 0 Å². The van der Waals surface area contributed by atoms with Crippen molar-refractivity contribution in [3.8, 4) is 5.75 Å². The summed E-state index contributed by atoms with van der Waals surface area (Å²) in [5.74, 6) is 2.03. The third kappa shape index (κ3) is 7.36. The molecule has 0 aliphatic heterocycles. The molecule has 0 unspecified atom stereocenters. The lowest BCUT2D eigenvalue weighted by Crippen LogP contribution is -2.18. The molecule has 0 aliphatic carbocycles. The van der Waals surface area contributed by atoms with E-state index in [0.717, 1.165) is 42.3 Å². The zero-order valence-corrected chi connectivity index (χ0v) is 16.5. The molecule has 25 heavy (non-hydrogen) atoms. The van der Waals surface area contributed by atoms with Crippen LogP contribution in [-0.4, -0.2) is 17.5 Å². The molecule has 2 aromatic rings. The highest BCUT2D eigenvalue weighted by atomic mass is 32.2. The highest BCUT2D eigenvalue weighted by Gasteiger charge is 2.01. The van der Waals surface area contributed by atoms with Crippen LogP contribution in [0.3, 0.4) is 0 Å². The van der Waals surface area contributed by atoms with E-state index >= 15 is 0 Å². The van der Waals surface area contributed by atoms with Crippen molar-refractivity contribution < 1.29 is 4.74 Å². The molecule has 0 saturated carbocycles. The maximum Gasteiger partial charge on any atom is 0.175 e. The minimum atomic E-state index is 0.577. The summed E-state index contributed by atoms with van der Waals surface area (Å²) in [6, 6.07) is 16.2. The van der Waals surface area contributed by atoms with E-state index in [1.807, 2.05) is 36.0 Å². The molecule has 0 aliphatic rings. The molecule has 2 aromatic carbocycles. The average Bonchev–Trinajstić information content (AvgIpc) is 2.63. The maximum atomic E-state index is 5.66. The van der Waals surface area contributed by atoms with Gasteiger partial charge in [0.2, 0.25) is 0 Å². The average molecular weight is 375 g/mol. The van der Waals surface area contributed by atoms with Crippen LogP contribution in [0.2, 0.25) is 0 Å². The Morgan fingerprint density at radius 3 is 2.08 bits per heavy atom. The first-order valence-corrected chi connectivity index (χ1v) is 10.1. The van der Waals surface area contributed by atoms with Gasteiger partial charge < -0.3 is 15.4 Å². The van der Waals surface area contributed by atoms with Gasteiger partial charge in [-0.2, -0.15) is 0 Å². The predicted octanol–water partition coefficient (Wildman–Crippen LogP) is 6.18. The Kier molecular flexibility index (Phi) is 8.63. The second kappa shape index (κ2) is 11.0. The second-order valence-electron chi connectivity index (χ2n) is 5.68. The van der Waals surface area contributed by atoms with E-state index in [1.54, 1.807) is 0 Å². The molecule has 0 bridgehead atoms. The topological polar surface area (TPSA) is 33.3 Å². The van der Waals surface area contributed by atoms with E-state index < -0.39 is 0 Å². The Morgan fingerprint density at radius 1 is 0.920 bits per heavy atom. The van der Waals surface area contributed by atoms with Crippen molar-refractivity contribution in [1.82, 2.24) is 0 Å². The number of nitrogens with one attached hydrogen (secondary N) is 2. The van der Waals surface area contributed by atoms with Gasteiger partial charge in [0.1, 0.15) is 5.75 Å². The van der Waals surface area contributed by atoms with Gasteiger partial charge >= 0.3 is 0 Å². The molecule has 0 aromatic heterocycles. The molecule has 134 valence electrons. The second-order valence-corrected chi connectivity index (χ2v) is 7.25. The van der Waals surface area contributed by atoms with E-state index in [4.69, 9.17) is 17.0 Å². The molecule has 0 heterocycles. The largest absolute Gasteiger partial charge is 0.494 e. The number of benzene rings is 2. The van der Waals surface area contributed by atoms with Crippen molar-refractivity contribution in [1.29, 1.82) is 0 Å². The number of thioether (sulfide) groups is 1. The van der Waals surface area contributed by atoms with Gasteiger partial charge in [0.15, 0.2) is 5.11 Å². The highest BCUT2D eigenvalue weighted by Crippen LogP contribution is 2.21. The monoisotopic (exact) mass is 374 g/mol. The zero-order chi connectivity index (χ0) is 17.9. The normalized spacial score (nSPS) is 10.3. The fourth-order valence-electron chi connectivity index (χ4n) is 2.12. The van der Waals surface area contributed by atoms with Crippen LogP contribution in [0.15, 0.2) is 53.4 Å². The lowest BCUT2D eigenvalue weighted by molar-refractivity contribution is 0.309. The lowest BCUT2D eigenvalue weighted by Gasteiger charge is -2.12. The Morgan fingerprint density at radius 2 is 1.52 bits per heavy atom. The Hall–Kier alpha value is -1.72. The Bertz CT molecular complexity index is 642. The van der Waals surface area contributed by atoms with Crippen LogP contribution in [0.4, 0.5) is 11.4 Å². The number of hydrogen-bond acceptors (Lipinski definition) is 3. The van der Waals surface area contributed by atoms with E-state index in [2.05, 4.69) is 48.7 Å². The van der Waals surface area contributed by atoms with Crippen molar-refractivity contribution in [3.05, 3.63) is 48.5 Å².